The average Bonchev–Trinajstić information content (AvgIpc) is 2.88. The van der Waals surface area contributed by atoms with Crippen LogP contribution in [0.25, 0.3) is 0 Å². The molecular weight excluding hydrogens is 328 g/mol. The fourth-order valence-electron chi connectivity index (χ4n) is 4.59. The lowest BCUT2D eigenvalue weighted by atomic mass is 9.70. The lowest BCUT2D eigenvalue weighted by Crippen LogP contribution is -2.29. The summed E-state index contributed by atoms with van der Waals surface area (Å²) in [6, 6.07) is 7.76. The van der Waals surface area contributed by atoms with Gasteiger partial charge >= 0.3 is 5.97 Å². The van der Waals surface area contributed by atoms with Crippen molar-refractivity contribution in [1.82, 2.24) is 0 Å². The summed E-state index contributed by atoms with van der Waals surface area (Å²) in [5, 5.41) is 19.0. The van der Waals surface area contributed by atoms with Gasteiger partial charge in [0.25, 0.3) is 0 Å². The topological polar surface area (TPSA) is 66.8 Å². The van der Waals surface area contributed by atoms with Gasteiger partial charge in [-0.3, -0.25) is 4.79 Å². The van der Waals surface area contributed by atoms with Gasteiger partial charge in [-0.2, -0.15) is 0 Å². The highest BCUT2D eigenvalue weighted by atomic mass is 16.5. The number of aliphatic hydroxyl groups excluding tert-OH is 1. The van der Waals surface area contributed by atoms with E-state index in [1.165, 1.54) is 12.0 Å². The van der Waals surface area contributed by atoms with Gasteiger partial charge in [0, 0.05) is 0 Å². The third kappa shape index (κ3) is 4.12. The molecule has 4 nitrogen and oxygen atoms in total. The van der Waals surface area contributed by atoms with Crippen molar-refractivity contribution >= 4 is 5.97 Å². The molecule has 1 spiro atoms. The molecule has 4 heteroatoms. The molecule has 4 atom stereocenters. The van der Waals surface area contributed by atoms with E-state index in [4.69, 9.17) is 9.84 Å². The first-order valence-electron chi connectivity index (χ1n) is 9.73. The summed E-state index contributed by atoms with van der Waals surface area (Å²) >= 11 is 0. The molecule has 1 aromatic carbocycles. The molecule has 0 heterocycles. The van der Waals surface area contributed by atoms with E-state index in [0.717, 1.165) is 37.0 Å². The molecule has 0 saturated heterocycles. The minimum absolute atomic E-state index is 0.00209. The second kappa shape index (κ2) is 7.83. The zero-order valence-electron chi connectivity index (χ0n) is 15.8. The lowest BCUT2D eigenvalue weighted by molar-refractivity contribution is -0.137. The standard InChI is InChI=1S/C22H30O4/c1-15(12-21(24)25)18-5-7-19(8-6-18)26-14-17-4-3-10-22(13-17)11-9-20(23)16(22)2/h5-8,13,15-16,20,23H,3-4,9-12,14H2,1-2H3,(H,24,25)/t15?,16-,20-,22+/m0/s1. The van der Waals surface area contributed by atoms with Gasteiger partial charge < -0.3 is 14.9 Å². The maximum Gasteiger partial charge on any atom is 0.303 e. The molecule has 1 fully saturated rings. The second-order valence-corrected chi connectivity index (χ2v) is 8.14. The van der Waals surface area contributed by atoms with Crippen LogP contribution in [0.3, 0.4) is 0 Å². The van der Waals surface area contributed by atoms with Gasteiger partial charge in [-0.15, -0.1) is 0 Å². The van der Waals surface area contributed by atoms with Gasteiger partial charge in [0.1, 0.15) is 12.4 Å². The Morgan fingerprint density at radius 1 is 1.31 bits per heavy atom. The van der Waals surface area contributed by atoms with E-state index < -0.39 is 5.97 Å². The molecule has 0 radical (unpaired) electrons. The molecule has 2 aliphatic rings. The quantitative estimate of drug-likeness (QED) is 0.733. The van der Waals surface area contributed by atoms with Crippen LogP contribution in [-0.4, -0.2) is 28.9 Å². The smallest absolute Gasteiger partial charge is 0.303 e. The van der Waals surface area contributed by atoms with Crippen LogP contribution in [0.5, 0.6) is 5.75 Å². The summed E-state index contributed by atoms with van der Waals surface area (Å²) in [5.41, 5.74) is 2.51. The number of hydrogen-bond donors (Lipinski definition) is 2. The molecular formula is C22H30O4. The van der Waals surface area contributed by atoms with Crippen LogP contribution in [0, 0.1) is 11.3 Å². The van der Waals surface area contributed by atoms with Crippen molar-refractivity contribution in [2.75, 3.05) is 6.61 Å². The van der Waals surface area contributed by atoms with Crippen LogP contribution in [0.2, 0.25) is 0 Å². The predicted molar refractivity (Wildman–Crippen MR) is 101 cm³/mol. The van der Waals surface area contributed by atoms with E-state index in [1.807, 2.05) is 31.2 Å². The van der Waals surface area contributed by atoms with Gasteiger partial charge in [-0.1, -0.05) is 32.1 Å². The van der Waals surface area contributed by atoms with Gasteiger partial charge in [0.05, 0.1) is 12.5 Å². The number of carboxylic acid groups (broad SMARTS) is 1. The Morgan fingerprint density at radius 2 is 2.04 bits per heavy atom. The van der Waals surface area contributed by atoms with E-state index in [2.05, 4.69) is 13.0 Å². The molecule has 0 aromatic heterocycles. The largest absolute Gasteiger partial charge is 0.489 e. The Labute approximate surface area is 155 Å². The van der Waals surface area contributed by atoms with E-state index >= 15 is 0 Å². The van der Waals surface area contributed by atoms with Crippen molar-refractivity contribution in [3.05, 3.63) is 41.5 Å². The molecule has 142 valence electrons. The fraction of sp³-hybridized carbons (Fsp3) is 0.591. The van der Waals surface area contributed by atoms with Crippen LogP contribution in [0.1, 0.15) is 63.9 Å². The van der Waals surface area contributed by atoms with E-state index in [1.54, 1.807) is 0 Å². The van der Waals surface area contributed by atoms with Crippen molar-refractivity contribution < 1.29 is 19.7 Å². The van der Waals surface area contributed by atoms with Crippen LogP contribution >= 0.6 is 0 Å². The first kappa shape index (κ1) is 19.0. The summed E-state index contributed by atoms with van der Waals surface area (Å²) in [6.07, 6.45) is 7.74. The third-order valence-corrected chi connectivity index (χ3v) is 6.38. The minimum Gasteiger partial charge on any atom is -0.489 e. The Morgan fingerprint density at radius 3 is 2.65 bits per heavy atom. The SMILES string of the molecule is CC(CC(=O)O)c1ccc(OCC2=C[C@@]3(CCC2)CC[C@H](O)[C@@H]3C)cc1. The maximum absolute atomic E-state index is 10.8. The fourth-order valence-corrected chi connectivity index (χ4v) is 4.59. The van der Waals surface area contributed by atoms with Crippen LogP contribution in [0.15, 0.2) is 35.9 Å². The van der Waals surface area contributed by atoms with Crippen molar-refractivity contribution in [2.45, 2.75) is 64.4 Å². The Hall–Kier alpha value is -1.81. The number of carbonyl (C=O) groups is 1. The summed E-state index contributed by atoms with van der Waals surface area (Å²) in [7, 11) is 0. The van der Waals surface area contributed by atoms with Crippen molar-refractivity contribution in [3.63, 3.8) is 0 Å². The highest BCUT2D eigenvalue weighted by Crippen LogP contribution is 2.51. The highest BCUT2D eigenvalue weighted by molar-refractivity contribution is 5.67. The van der Waals surface area contributed by atoms with Gasteiger partial charge in [0.15, 0.2) is 0 Å². The van der Waals surface area contributed by atoms with Crippen molar-refractivity contribution in [3.8, 4) is 5.75 Å². The predicted octanol–water partition coefficient (Wildman–Crippen LogP) is 4.53. The van der Waals surface area contributed by atoms with Gasteiger partial charge in [-0.05, 0) is 72.6 Å². The Kier molecular flexibility index (Phi) is 5.71. The summed E-state index contributed by atoms with van der Waals surface area (Å²) in [4.78, 5) is 10.8. The summed E-state index contributed by atoms with van der Waals surface area (Å²) < 4.78 is 5.98. The number of aliphatic carboxylic acids is 1. The van der Waals surface area contributed by atoms with E-state index in [-0.39, 0.29) is 23.9 Å². The molecule has 2 N–H and O–H groups in total. The maximum atomic E-state index is 10.8. The number of ether oxygens (including phenoxy) is 1. The van der Waals surface area contributed by atoms with Crippen molar-refractivity contribution in [1.29, 1.82) is 0 Å². The van der Waals surface area contributed by atoms with Gasteiger partial charge in [0.2, 0.25) is 0 Å². The van der Waals surface area contributed by atoms with E-state index in [9.17, 15) is 9.90 Å². The lowest BCUT2D eigenvalue weighted by Gasteiger charge is -2.36. The molecule has 0 bridgehead atoms. The number of carboxylic acids is 1. The molecule has 2 aliphatic carbocycles. The Bertz CT molecular complexity index is 663. The number of benzene rings is 1. The molecule has 0 amide bonds. The molecule has 1 saturated carbocycles. The summed E-state index contributed by atoms with van der Waals surface area (Å²) in [5.74, 6) is 0.365. The summed E-state index contributed by atoms with van der Waals surface area (Å²) in [6.45, 7) is 4.69. The van der Waals surface area contributed by atoms with Crippen molar-refractivity contribution in [2.24, 2.45) is 11.3 Å². The minimum atomic E-state index is -0.776. The zero-order chi connectivity index (χ0) is 18.7. The average molecular weight is 358 g/mol. The second-order valence-electron chi connectivity index (χ2n) is 8.14. The number of allylic oxidation sites excluding steroid dienone is 1. The molecule has 1 unspecified atom stereocenters. The molecule has 0 aliphatic heterocycles. The Balaban J connectivity index is 1.60. The molecule has 3 rings (SSSR count). The zero-order valence-corrected chi connectivity index (χ0v) is 15.8. The normalized spacial score (nSPS) is 29.4. The van der Waals surface area contributed by atoms with Crippen LogP contribution < -0.4 is 4.74 Å². The van der Waals surface area contributed by atoms with Gasteiger partial charge in [-0.25, -0.2) is 0 Å². The number of rotatable bonds is 6. The number of aliphatic hydroxyl groups is 1. The first-order valence-corrected chi connectivity index (χ1v) is 9.73. The third-order valence-electron chi connectivity index (χ3n) is 6.38. The highest BCUT2D eigenvalue weighted by Gasteiger charge is 2.44. The monoisotopic (exact) mass is 358 g/mol. The number of hydrogen-bond acceptors (Lipinski definition) is 3. The first-order chi connectivity index (χ1) is 12.4. The van der Waals surface area contributed by atoms with E-state index in [0.29, 0.717) is 12.5 Å². The van der Waals surface area contributed by atoms with Crippen LogP contribution in [-0.2, 0) is 4.79 Å². The van der Waals surface area contributed by atoms with Crippen LogP contribution in [0.4, 0.5) is 0 Å². The molecule has 26 heavy (non-hydrogen) atoms. The molecule has 1 aromatic rings.